The molecule has 0 amide bonds. The van der Waals surface area contributed by atoms with Gasteiger partial charge in [-0.1, -0.05) is 6.42 Å². The summed E-state index contributed by atoms with van der Waals surface area (Å²) in [5.74, 6) is -0.694. The van der Waals surface area contributed by atoms with Gasteiger partial charge in [0, 0.05) is 17.7 Å². The maximum absolute atomic E-state index is 13.1. The molecule has 110 valence electrons. The zero-order valence-corrected chi connectivity index (χ0v) is 12.5. The summed E-state index contributed by atoms with van der Waals surface area (Å²) in [5, 5.41) is -0.425. The van der Waals surface area contributed by atoms with Gasteiger partial charge in [-0.25, -0.2) is 12.8 Å². The molecule has 1 aliphatic carbocycles. The van der Waals surface area contributed by atoms with E-state index in [2.05, 4.69) is 0 Å². The lowest BCUT2D eigenvalue weighted by molar-refractivity contribution is 0.0890. The molecule has 0 spiro atoms. The average Bonchev–Trinajstić information content (AvgIpc) is 2.37. The van der Waals surface area contributed by atoms with Crippen LogP contribution in [0, 0.1) is 18.7 Å². The minimum Gasteiger partial charge on any atom is -0.294 e. The maximum Gasteiger partial charge on any atom is 0.166 e. The van der Waals surface area contributed by atoms with Crippen molar-refractivity contribution >= 4 is 15.6 Å². The molecule has 2 rings (SSSR count). The Labute approximate surface area is 119 Å². The topological polar surface area (TPSA) is 51.2 Å². The van der Waals surface area contributed by atoms with Gasteiger partial charge in [0.2, 0.25) is 0 Å². The molecular weight excluding hydrogens is 279 g/mol. The Morgan fingerprint density at radius 2 is 2.00 bits per heavy atom. The van der Waals surface area contributed by atoms with E-state index in [1.807, 2.05) is 0 Å². The molecule has 5 heteroatoms. The van der Waals surface area contributed by atoms with Crippen LogP contribution in [0.2, 0.25) is 0 Å². The molecule has 1 saturated carbocycles. The fourth-order valence-electron chi connectivity index (χ4n) is 2.90. The van der Waals surface area contributed by atoms with Gasteiger partial charge in [-0.15, -0.1) is 0 Å². The fraction of sp³-hybridized carbons (Fsp3) is 0.533. The van der Waals surface area contributed by atoms with E-state index in [0.29, 0.717) is 30.4 Å². The largest absolute Gasteiger partial charge is 0.294 e. The van der Waals surface area contributed by atoms with Crippen molar-refractivity contribution in [2.24, 2.45) is 5.92 Å². The number of sulfone groups is 1. The predicted octanol–water partition coefficient (Wildman–Crippen LogP) is 2.92. The molecule has 0 saturated heterocycles. The van der Waals surface area contributed by atoms with Crippen molar-refractivity contribution in [3.05, 3.63) is 35.1 Å². The molecule has 3 nitrogen and oxygen atoms in total. The smallest absolute Gasteiger partial charge is 0.166 e. The summed E-state index contributed by atoms with van der Waals surface area (Å²) in [6.45, 7) is 1.70. The Morgan fingerprint density at radius 1 is 1.30 bits per heavy atom. The highest BCUT2D eigenvalue weighted by molar-refractivity contribution is 7.91. The molecule has 1 fully saturated rings. The molecule has 0 N–H and O–H groups in total. The summed E-state index contributed by atoms with van der Waals surface area (Å²) in [6, 6.07) is 4.11. The SMILES string of the molecule is Cc1cc(F)ccc1C(=O)C1CCCC(S(C)(=O)=O)C1. The molecule has 1 aliphatic rings. The number of Topliss-reactive ketones (excluding diaryl/α,β-unsaturated/α-hetero) is 1. The third-order valence-electron chi connectivity index (χ3n) is 4.06. The van der Waals surface area contributed by atoms with Gasteiger partial charge in [0.15, 0.2) is 5.78 Å². The number of carbonyl (C=O) groups excluding carboxylic acids is 1. The Bertz CT molecular complexity index is 622. The van der Waals surface area contributed by atoms with Crippen LogP contribution in [-0.4, -0.2) is 25.7 Å². The van der Waals surface area contributed by atoms with Gasteiger partial charge < -0.3 is 0 Å². The van der Waals surface area contributed by atoms with Gasteiger partial charge in [0.1, 0.15) is 15.7 Å². The lowest BCUT2D eigenvalue weighted by Gasteiger charge is -2.27. The third-order valence-corrected chi connectivity index (χ3v) is 5.70. The van der Waals surface area contributed by atoms with E-state index < -0.39 is 15.1 Å². The van der Waals surface area contributed by atoms with Crippen molar-refractivity contribution in [3.63, 3.8) is 0 Å². The van der Waals surface area contributed by atoms with E-state index in [1.54, 1.807) is 6.92 Å². The van der Waals surface area contributed by atoms with Crippen molar-refractivity contribution in [1.82, 2.24) is 0 Å². The number of hydrogen-bond acceptors (Lipinski definition) is 3. The zero-order chi connectivity index (χ0) is 14.9. The van der Waals surface area contributed by atoms with Crippen LogP contribution >= 0.6 is 0 Å². The maximum atomic E-state index is 13.1. The van der Waals surface area contributed by atoms with Crippen LogP contribution in [0.5, 0.6) is 0 Å². The van der Waals surface area contributed by atoms with E-state index in [1.165, 1.54) is 24.5 Å². The van der Waals surface area contributed by atoms with Crippen molar-refractivity contribution in [2.75, 3.05) is 6.26 Å². The number of ketones is 1. The number of benzene rings is 1. The summed E-state index contributed by atoms with van der Waals surface area (Å²) in [7, 11) is -3.10. The highest BCUT2D eigenvalue weighted by Crippen LogP contribution is 2.31. The summed E-state index contributed by atoms with van der Waals surface area (Å²) in [4.78, 5) is 12.5. The van der Waals surface area contributed by atoms with E-state index in [-0.39, 0.29) is 17.5 Å². The van der Waals surface area contributed by atoms with Crippen molar-refractivity contribution in [1.29, 1.82) is 0 Å². The summed E-state index contributed by atoms with van der Waals surface area (Å²) >= 11 is 0. The normalized spacial score (nSPS) is 23.6. The molecule has 0 bridgehead atoms. The number of halogens is 1. The second-order valence-electron chi connectivity index (χ2n) is 5.64. The zero-order valence-electron chi connectivity index (χ0n) is 11.7. The number of rotatable bonds is 3. The Hall–Kier alpha value is -1.23. The van der Waals surface area contributed by atoms with Crippen molar-refractivity contribution in [2.45, 2.75) is 37.9 Å². The average molecular weight is 298 g/mol. The first-order chi connectivity index (χ1) is 9.29. The first-order valence-corrected chi connectivity index (χ1v) is 8.73. The predicted molar refractivity (Wildman–Crippen MR) is 76.1 cm³/mol. The molecule has 2 atom stereocenters. The monoisotopic (exact) mass is 298 g/mol. The van der Waals surface area contributed by atoms with Crippen LogP contribution < -0.4 is 0 Å². The standard InChI is InChI=1S/C15H19FO3S/c1-10-8-12(16)6-7-14(10)15(17)11-4-3-5-13(9-11)20(2,18)19/h6-8,11,13H,3-5,9H2,1-2H3. The molecule has 1 aromatic carbocycles. The third kappa shape index (κ3) is 3.26. The molecule has 2 unspecified atom stereocenters. The fourth-order valence-corrected chi connectivity index (χ4v) is 4.07. The molecule has 0 heterocycles. The van der Waals surface area contributed by atoms with E-state index >= 15 is 0 Å². The minimum atomic E-state index is -3.10. The minimum absolute atomic E-state index is 0.0594. The number of carbonyl (C=O) groups is 1. The van der Waals surface area contributed by atoms with Crippen LogP contribution in [0.15, 0.2) is 18.2 Å². The quantitative estimate of drug-likeness (QED) is 0.806. The van der Waals surface area contributed by atoms with Gasteiger partial charge in [-0.2, -0.15) is 0 Å². The van der Waals surface area contributed by atoms with Gasteiger partial charge in [-0.05, 0) is 49.9 Å². The Morgan fingerprint density at radius 3 is 2.60 bits per heavy atom. The van der Waals surface area contributed by atoms with Crippen molar-refractivity contribution < 1.29 is 17.6 Å². The van der Waals surface area contributed by atoms with Gasteiger partial charge >= 0.3 is 0 Å². The Balaban J connectivity index is 2.21. The molecule has 20 heavy (non-hydrogen) atoms. The second-order valence-corrected chi connectivity index (χ2v) is 7.96. The van der Waals surface area contributed by atoms with Crippen LogP contribution in [0.25, 0.3) is 0 Å². The van der Waals surface area contributed by atoms with Crippen LogP contribution in [0.3, 0.4) is 0 Å². The van der Waals surface area contributed by atoms with E-state index in [0.717, 1.165) is 6.42 Å². The lowest BCUT2D eigenvalue weighted by atomic mass is 9.82. The second kappa shape index (κ2) is 5.64. The number of hydrogen-bond donors (Lipinski definition) is 0. The van der Waals surface area contributed by atoms with Crippen LogP contribution in [0.4, 0.5) is 4.39 Å². The van der Waals surface area contributed by atoms with Gasteiger partial charge in [0.25, 0.3) is 0 Å². The summed E-state index contributed by atoms with van der Waals surface area (Å²) < 4.78 is 36.4. The van der Waals surface area contributed by atoms with E-state index in [4.69, 9.17) is 0 Å². The molecular formula is C15H19FO3S. The highest BCUT2D eigenvalue weighted by atomic mass is 32.2. The molecule has 0 aliphatic heterocycles. The lowest BCUT2D eigenvalue weighted by Crippen LogP contribution is -2.31. The van der Waals surface area contributed by atoms with E-state index in [9.17, 15) is 17.6 Å². The van der Waals surface area contributed by atoms with Gasteiger partial charge in [0.05, 0.1) is 5.25 Å². The van der Waals surface area contributed by atoms with Gasteiger partial charge in [-0.3, -0.25) is 4.79 Å². The summed E-state index contributed by atoms with van der Waals surface area (Å²) in [5.41, 5.74) is 1.11. The van der Waals surface area contributed by atoms with Crippen LogP contribution in [0.1, 0.15) is 41.6 Å². The van der Waals surface area contributed by atoms with Crippen LogP contribution in [-0.2, 0) is 9.84 Å². The first kappa shape index (κ1) is 15.2. The summed E-state index contributed by atoms with van der Waals surface area (Å²) in [6.07, 6.45) is 3.70. The Kier molecular flexibility index (Phi) is 4.28. The first-order valence-electron chi connectivity index (χ1n) is 6.78. The molecule has 1 aromatic rings. The van der Waals surface area contributed by atoms with Crippen molar-refractivity contribution in [3.8, 4) is 0 Å². The molecule has 0 radical (unpaired) electrons. The number of aryl methyl sites for hydroxylation is 1. The highest BCUT2D eigenvalue weighted by Gasteiger charge is 2.33. The molecule has 0 aromatic heterocycles.